The number of likely N-dealkylation sites (tertiary alicyclic amines) is 1. The summed E-state index contributed by atoms with van der Waals surface area (Å²) in [6, 6.07) is 0. The second kappa shape index (κ2) is 11.5. The molecule has 2 fully saturated rings. The molecule has 29 heavy (non-hydrogen) atoms. The lowest BCUT2D eigenvalue weighted by Crippen LogP contribution is -2.42. The van der Waals surface area contributed by atoms with Crippen LogP contribution in [-0.4, -0.2) is 60.9 Å². The summed E-state index contributed by atoms with van der Waals surface area (Å²) >= 11 is 0. The first-order chi connectivity index (χ1) is 13.9. The number of allylic oxidation sites excluding steroid dienone is 2. The first-order valence-electron chi connectivity index (χ1n) is 10.8. The van der Waals surface area contributed by atoms with Crippen LogP contribution in [0.1, 0.15) is 59.3 Å². The van der Waals surface area contributed by atoms with Crippen molar-refractivity contribution in [3.05, 3.63) is 23.3 Å². The number of hydrogen-bond acceptors (Lipinski definition) is 6. The summed E-state index contributed by atoms with van der Waals surface area (Å²) in [5.41, 5.74) is 2.46. The van der Waals surface area contributed by atoms with Gasteiger partial charge in [0.1, 0.15) is 12.2 Å². The van der Waals surface area contributed by atoms with Crippen molar-refractivity contribution in [2.24, 2.45) is 11.8 Å². The van der Waals surface area contributed by atoms with Crippen molar-refractivity contribution in [3.8, 4) is 0 Å². The van der Waals surface area contributed by atoms with Gasteiger partial charge in [-0.1, -0.05) is 17.6 Å². The molecule has 0 aromatic carbocycles. The molecule has 164 valence electrons. The van der Waals surface area contributed by atoms with Crippen molar-refractivity contribution in [3.63, 3.8) is 0 Å². The highest BCUT2D eigenvalue weighted by molar-refractivity contribution is 5.76. The molecule has 0 aromatic heterocycles. The summed E-state index contributed by atoms with van der Waals surface area (Å²) in [7, 11) is 1.00. The molecule has 3 aliphatic rings. The molecule has 0 bridgehead atoms. The van der Waals surface area contributed by atoms with Gasteiger partial charge in [0.05, 0.1) is 11.8 Å². The van der Waals surface area contributed by atoms with Gasteiger partial charge in [-0.15, -0.1) is 0 Å². The minimum absolute atomic E-state index is 0.151. The second-order valence-electron chi connectivity index (χ2n) is 8.40. The van der Waals surface area contributed by atoms with Crippen LogP contribution in [0.4, 0.5) is 0 Å². The maximum atomic E-state index is 12.8. The Bertz CT molecular complexity index is 621. The van der Waals surface area contributed by atoms with Gasteiger partial charge < -0.3 is 19.5 Å². The molecule has 0 aromatic rings. The molecule has 6 heteroatoms. The van der Waals surface area contributed by atoms with E-state index in [1.165, 1.54) is 37.3 Å². The van der Waals surface area contributed by atoms with E-state index in [0.29, 0.717) is 6.54 Å². The van der Waals surface area contributed by atoms with E-state index in [1.54, 1.807) is 0 Å². The molecule has 2 saturated heterocycles. The summed E-state index contributed by atoms with van der Waals surface area (Å²) in [4.78, 5) is 27.0. The molecule has 1 unspecified atom stereocenters. The third-order valence-corrected chi connectivity index (χ3v) is 6.02. The van der Waals surface area contributed by atoms with Gasteiger partial charge in [-0.05, 0) is 71.2 Å². The van der Waals surface area contributed by atoms with Crippen LogP contribution in [0.15, 0.2) is 23.3 Å². The van der Waals surface area contributed by atoms with E-state index >= 15 is 0 Å². The van der Waals surface area contributed by atoms with Crippen molar-refractivity contribution in [2.75, 3.05) is 26.7 Å². The third-order valence-electron chi connectivity index (χ3n) is 6.02. The Kier molecular flexibility index (Phi) is 9.37. The number of nitrogens with zero attached hydrogens (tertiary/aromatic N) is 1. The first-order valence-corrected chi connectivity index (χ1v) is 10.8. The molecule has 0 saturated carbocycles. The van der Waals surface area contributed by atoms with Crippen molar-refractivity contribution in [1.82, 2.24) is 4.90 Å². The summed E-state index contributed by atoms with van der Waals surface area (Å²) in [6.45, 7) is 8.38. The topological polar surface area (TPSA) is 76.1 Å². The van der Waals surface area contributed by atoms with Crippen LogP contribution in [0.3, 0.4) is 0 Å². The van der Waals surface area contributed by atoms with E-state index in [0.717, 1.165) is 39.5 Å². The van der Waals surface area contributed by atoms with Gasteiger partial charge in [-0.3, -0.25) is 9.59 Å². The van der Waals surface area contributed by atoms with Crippen molar-refractivity contribution in [1.29, 1.82) is 0 Å². The molecule has 2 aliphatic heterocycles. The molecule has 0 radical (unpaired) electrons. The first kappa shape index (κ1) is 23.6. The number of piperidine rings is 1. The van der Waals surface area contributed by atoms with Gasteiger partial charge in [-0.2, -0.15) is 0 Å². The number of carbonyl (C=O) groups excluding carboxylic acids is 2. The average molecular weight is 408 g/mol. The third kappa shape index (κ3) is 6.68. The summed E-state index contributed by atoms with van der Waals surface area (Å²) in [5, 5.41) is 7.00. The van der Waals surface area contributed by atoms with Crippen LogP contribution in [0, 0.1) is 11.8 Å². The van der Waals surface area contributed by atoms with Crippen molar-refractivity contribution < 1.29 is 24.2 Å². The number of aliphatic hydroxyl groups excluding tert-OH is 1. The van der Waals surface area contributed by atoms with Gasteiger partial charge in [0.15, 0.2) is 0 Å². The Morgan fingerprint density at radius 1 is 1.10 bits per heavy atom. The molecule has 4 atom stereocenters. The molecule has 1 aliphatic carbocycles. The maximum absolute atomic E-state index is 12.8. The minimum Gasteiger partial charge on any atom is -0.458 e. The summed E-state index contributed by atoms with van der Waals surface area (Å²) in [6.07, 6.45) is 10.1. The highest BCUT2D eigenvalue weighted by atomic mass is 16.6. The van der Waals surface area contributed by atoms with Gasteiger partial charge in [-0.25, -0.2) is 0 Å². The van der Waals surface area contributed by atoms with Crippen LogP contribution < -0.4 is 0 Å². The number of aliphatic hydroxyl groups is 1. The SMILES string of the molecule is CC(=O)O[C@@H]1/C=C(\C)CCC/C(C)=C/[C@H]2OC(=O)[C@H](CN3CCCCC3)C12.CO. The smallest absolute Gasteiger partial charge is 0.311 e. The molecule has 1 N–H and O–H groups in total. The van der Waals surface area contributed by atoms with E-state index in [2.05, 4.69) is 30.9 Å². The standard InChI is InChI=1S/C22H33NO4.CH4O/c1-15-8-7-9-16(2)13-20-21(19(12-15)26-17(3)24)18(22(25)27-20)14-23-10-5-4-6-11-23;1-2/h12-13,18-21H,4-11,14H2,1-3H3;2H,1H3/b15-12+,16-13+;/t18-,19-,20-,21?;/m1./s1. The highest BCUT2D eigenvalue weighted by Gasteiger charge is 2.49. The summed E-state index contributed by atoms with van der Waals surface area (Å²) in [5.74, 6) is -0.880. The molecule has 2 heterocycles. The Balaban J connectivity index is 0.00000145. The van der Waals surface area contributed by atoms with E-state index < -0.39 is 6.10 Å². The zero-order chi connectivity index (χ0) is 21.4. The minimum atomic E-state index is -0.420. The van der Waals surface area contributed by atoms with Crippen LogP contribution in [0.5, 0.6) is 0 Å². The van der Waals surface area contributed by atoms with E-state index in [1.807, 2.05) is 0 Å². The highest BCUT2D eigenvalue weighted by Crippen LogP contribution is 2.37. The Hall–Kier alpha value is -1.66. The predicted molar refractivity (Wildman–Crippen MR) is 112 cm³/mol. The molecule has 0 amide bonds. The van der Waals surface area contributed by atoms with Crippen LogP contribution in [0.25, 0.3) is 0 Å². The Morgan fingerprint density at radius 3 is 2.34 bits per heavy atom. The quantitative estimate of drug-likeness (QED) is 0.572. The van der Waals surface area contributed by atoms with E-state index in [-0.39, 0.29) is 29.9 Å². The van der Waals surface area contributed by atoms with Gasteiger partial charge >= 0.3 is 11.9 Å². The van der Waals surface area contributed by atoms with Crippen LogP contribution in [0.2, 0.25) is 0 Å². The lowest BCUT2D eigenvalue weighted by Gasteiger charge is -2.32. The zero-order valence-electron chi connectivity index (χ0n) is 18.4. The summed E-state index contributed by atoms with van der Waals surface area (Å²) < 4.78 is 11.5. The fourth-order valence-corrected chi connectivity index (χ4v) is 4.65. The molecular formula is C23H37NO5. The lowest BCUT2D eigenvalue weighted by atomic mass is 9.82. The van der Waals surface area contributed by atoms with E-state index in [9.17, 15) is 9.59 Å². The molecule has 6 nitrogen and oxygen atoms in total. The second-order valence-corrected chi connectivity index (χ2v) is 8.40. The maximum Gasteiger partial charge on any atom is 0.311 e. The number of esters is 2. The average Bonchev–Trinajstić information content (AvgIpc) is 2.97. The number of carbonyl (C=O) groups is 2. The fraction of sp³-hybridized carbons (Fsp3) is 0.739. The Morgan fingerprint density at radius 2 is 1.72 bits per heavy atom. The lowest BCUT2D eigenvalue weighted by molar-refractivity contribution is -0.148. The van der Waals surface area contributed by atoms with Gasteiger partial charge in [0, 0.05) is 20.6 Å². The number of ether oxygens (including phenoxy) is 2. The van der Waals surface area contributed by atoms with Crippen molar-refractivity contribution in [2.45, 2.75) is 71.5 Å². The fourth-order valence-electron chi connectivity index (χ4n) is 4.65. The number of fused-ring (bicyclic) bond motifs is 1. The number of hydrogen-bond donors (Lipinski definition) is 1. The van der Waals surface area contributed by atoms with Crippen LogP contribution >= 0.6 is 0 Å². The van der Waals surface area contributed by atoms with Gasteiger partial charge in [0.25, 0.3) is 0 Å². The van der Waals surface area contributed by atoms with Gasteiger partial charge in [0.2, 0.25) is 0 Å². The van der Waals surface area contributed by atoms with Crippen LogP contribution in [-0.2, 0) is 19.1 Å². The number of rotatable bonds is 3. The Labute approximate surface area is 174 Å². The van der Waals surface area contributed by atoms with Crippen molar-refractivity contribution >= 4 is 11.9 Å². The molecular weight excluding hydrogens is 370 g/mol. The normalized spacial score (nSPS) is 34.3. The molecule has 3 rings (SSSR count). The molecule has 0 spiro atoms. The zero-order valence-corrected chi connectivity index (χ0v) is 18.4. The largest absolute Gasteiger partial charge is 0.458 e. The monoisotopic (exact) mass is 407 g/mol. The van der Waals surface area contributed by atoms with E-state index in [4.69, 9.17) is 14.6 Å². The predicted octanol–water partition coefficient (Wildman–Crippen LogP) is 3.25.